The van der Waals surface area contributed by atoms with Crippen molar-refractivity contribution in [3.63, 3.8) is 0 Å². The summed E-state index contributed by atoms with van der Waals surface area (Å²) in [6.07, 6.45) is 6.86. The zero-order chi connectivity index (χ0) is 13.2. The Kier molecular flexibility index (Phi) is 4.14. The van der Waals surface area contributed by atoms with Crippen LogP contribution in [0.3, 0.4) is 0 Å². The summed E-state index contributed by atoms with van der Waals surface area (Å²) in [5.74, 6) is 2.38. The summed E-state index contributed by atoms with van der Waals surface area (Å²) in [6.45, 7) is 3.60. The van der Waals surface area contributed by atoms with Gasteiger partial charge in [-0.3, -0.25) is 0 Å². The van der Waals surface area contributed by atoms with E-state index in [4.69, 9.17) is 11.6 Å². The normalized spacial score (nSPS) is 31.4. The van der Waals surface area contributed by atoms with Crippen molar-refractivity contribution in [3.8, 4) is 0 Å². The van der Waals surface area contributed by atoms with Gasteiger partial charge < -0.3 is 5.32 Å². The molecule has 0 heterocycles. The van der Waals surface area contributed by atoms with Crippen molar-refractivity contribution >= 4 is 11.6 Å². The molecule has 1 aromatic carbocycles. The number of hydrogen-bond acceptors (Lipinski definition) is 1. The molecule has 104 valence electrons. The van der Waals surface area contributed by atoms with E-state index in [-0.39, 0.29) is 0 Å². The monoisotopic (exact) mass is 277 g/mol. The van der Waals surface area contributed by atoms with Gasteiger partial charge in [0.1, 0.15) is 0 Å². The minimum absolute atomic E-state index is 0.715. The fraction of sp³-hybridized carbons (Fsp3) is 0.647. The summed E-state index contributed by atoms with van der Waals surface area (Å²) in [5.41, 5.74) is 1.48. The lowest BCUT2D eigenvalue weighted by atomic mass is 9.71. The predicted molar refractivity (Wildman–Crippen MR) is 81.7 cm³/mol. The van der Waals surface area contributed by atoms with E-state index in [0.29, 0.717) is 5.92 Å². The molecule has 2 aliphatic carbocycles. The van der Waals surface area contributed by atoms with Gasteiger partial charge >= 0.3 is 0 Å². The molecule has 3 atom stereocenters. The van der Waals surface area contributed by atoms with Crippen LogP contribution in [-0.4, -0.2) is 12.6 Å². The van der Waals surface area contributed by atoms with Crippen LogP contribution in [0.4, 0.5) is 0 Å². The average Bonchev–Trinajstić information content (AvgIpc) is 3.22. The summed E-state index contributed by atoms with van der Waals surface area (Å²) in [5, 5.41) is 4.57. The van der Waals surface area contributed by atoms with Gasteiger partial charge in [-0.2, -0.15) is 0 Å². The minimum Gasteiger partial charge on any atom is -0.314 e. The molecule has 2 heteroatoms. The molecule has 19 heavy (non-hydrogen) atoms. The van der Waals surface area contributed by atoms with E-state index >= 15 is 0 Å². The van der Waals surface area contributed by atoms with Gasteiger partial charge in [0.25, 0.3) is 0 Å². The molecule has 3 rings (SSSR count). The van der Waals surface area contributed by atoms with E-state index in [1.807, 2.05) is 12.1 Å². The van der Waals surface area contributed by atoms with E-state index in [1.165, 1.54) is 44.2 Å². The van der Waals surface area contributed by atoms with Crippen LogP contribution in [0, 0.1) is 11.8 Å². The van der Waals surface area contributed by atoms with Gasteiger partial charge in [-0.15, -0.1) is 0 Å². The molecule has 1 nitrogen and oxygen atoms in total. The Bertz CT molecular complexity index is 410. The molecule has 3 unspecified atom stereocenters. The van der Waals surface area contributed by atoms with Crippen molar-refractivity contribution in [3.05, 3.63) is 34.9 Å². The molecule has 2 fully saturated rings. The summed E-state index contributed by atoms with van der Waals surface area (Å²) in [7, 11) is 0. The van der Waals surface area contributed by atoms with Gasteiger partial charge in [0.2, 0.25) is 0 Å². The molecule has 0 radical (unpaired) electrons. The number of benzene rings is 1. The molecule has 0 aromatic heterocycles. The highest BCUT2D eigenvalue weighted by molar-refractivity contribution is 6.30. The van der Waals surface area contributed by atoms with Gasteiger partial charge in [0.05, 0.1) is 0 Å². The van der Waals surface area contributed by atoms with Crippen LogP contribution in [0.2, 0.25) is 5.02 Å². The van der Waals surface area contributed by atoms with E-state index in [2.05, 4.69) is 24.4 Å². The Hall–Kier alpha value is -0.530. The lowest BCUT2D eigenvalue weighted by Gasteiger charge is -2.35. The largest absolute Gasteiger partial charge is 0.314 e. The molecule has 0 bridgehead atoms. The first kappa shape index (κ1) is 13.5. The van der Waals surface area contributed by atoms with E-state index in [0.717, 1.165) is 22.9 Å². The predicted octanol–water partition coefficient (Wildman–Crippen LogP) is 4.61. The first-order chi connectivity index (χ1) is 9.22. The van der Waals surface area contributed by atoms with Crippen LogP contribution in [0.15, 0.2) is 24.3 Å². The fourth-order valence-corrected chi connectivity index (χ4v) is 3.54. The zero-order valence-electron chi connectivity index (χ0n) is 11.7. The smallest absolute Gasteiger partial charge is 0.0406 e. The highest BCUT2D eigenvalue weighted by Crippen LogP contribution is 2.40. The quantitative estimate of drug-likeness (QED) is 0.847. The molecule has 0 aliphatic heterocycles. The first-order valence-electron chi connectivity index (χ1n) is 7.71. The molecule has 0 spiro atoms. The van der Waals surface area contributed by atoms with Gasteiger partial charge in [0.15, 0.2) is 0 Å². The van der Waals surface area contributed by atoms with Crippen LogP contribution in [0.5, 0.6) is 0 Å². The Balaban J connectivity index is 1.70. The van der Waals surface area contributed by atoms with Crippen LogP contribution >= 0.6 is 11.6 Å². The van der Waals surface area contributed by atoms with Gasteiger partial charge in [0, 0.05) is 11.1 Å². The molecule has 0 amide bonds. The van der Waals surface area contributed by atoms with Crippen molar-refractivity contribution in [1.29, 1.82) is 0 Å². The number of rotatable bonds is 4. The van der Waals surface area contributed by atoms with Gasteiger partial charge in [-0.25, -0.2) is 0 Å². The molecule has 1 N–H and O–H groups in total. The van der Waals surface area contributed by atoms with Crippen LogP contribution < -0.4 is 5.32 Å². The van der Waals surface area contributed by atoms with Crippen molar-refractivity contribution < 1.29 is 0 Å². The number of halogens is 1. The van der Waals surface area contributed by atoms with Crippen molar-refractivity contribution in [2.75, 3.05) is 6.54 Å². The lowest BCUT2D eigenvalue weighted by Crippen LogP contribution is -2.32. The number of nitrogens with one attached hydrogen (secondary N) is 1. The molecule has 2 aliphatic rings. The van der Waals surface area contributed by atoms with Crippen LogP contribution in [0.25, 0.3) is 0 Å². The van der Waals surface area contributed by atoms with E-state index in [9.17, 15) is 0 Å². The minimum atomic E-state index is 0.715. The van der Waals surface area contributed by atoms with Gasteiger partial charge in [-0.05, 0) is 67.7 Å². The molecule has 1 aromatic rings. The maximum absolute atomic E-state index is 6.01. The maximum Gasteiger partial charge on any atom is 0.0406 e. The summed E-state index contributed by atoms with van der Waals surface area (Å²) >= 11 is 6.01. The standard InChI is InChI=1S/C17H24ClN/c1-12-2-3-14(11-19-16-8-9-16)17(10-12)13-4-6-15(18)7-5-13/h4-7,12,14,16-17,19H,2-3,8-11H2,1H3. The topological polar surface area (TPSA) is 12.0 Å². The summed E-state index contributed by atoms with van der Waals surface area (Å²) < 4.78 is 0. The second kappa shape index (κ2) is 5.85. The van der Waals surface area contributed by atoms with E-state index in [1.54, 1.807) is 0 Å². The Morgan fingerprint density at radius 1 is 1.11 bits per heavy atom. The zero-order valence-corrected chi connectivity index (χ0v) is 12.5. The Labute approximate surface area is 121 Å². The van der Waals surface area contributed by atoms with Crippen molar-refractivity contribution in [2.45, 2.75) is 51.0 Å². The maximum atomic E-state index is 6.01. The molecular formula is C17H24ClN. The molecule has 0 saturated heterocycles. The third-order valence-corrected chi connectivity index (χ3v) is 5.05. The fourth-order valence-electron chi connectivity index (χ4n) is 3.41. The highest BCUT2D eigenvalue weighted by atomic mass is 35.5. The summed E-state index contributed by atoms with van der Waals surface area (Å²) in [4.78, 5) is 0. The van der Waals surface area contributed by atoms with Crippen molar-refractivity contribution in [1.82, 2.24) is 5.32 Å². The van der Waals surface area contributed by atoms with E-state index < -0.39 is 0 Å². The average molecular weight is 278 g/mol. The SMILES string of the molecule is CC1CCC(CNC2CC2)C(c2ccc(Cl)cc2)C1. The lowest BCUT2D eigenvalue weighted by molar-refractivity contribution is 0.241. The second-order valence-corrected chi connectivity index (χ2v) is 6.96. The first-order valence-corrected chi connectivity index (χ1v) is 8.09. The summed E-state index contributed by atoms with van der Waals surface area (Å²) in [6, 6.07) is 9.37. The third-order valence-electron chi connectivity index (χ3n) is 4.80. The third kappa shape index (κ3) is 3.52. The molecular weight excluding hydrogens is 254 g/mol. The highest BCUT2D eigenvalue weighted by Gasteiger charge is 2.31. The Morgan fingerprint density at radius 3 is 2.53 bits per heavy atom. The van der Waals surface area contributed by atoms with Gasteiger partial charge in [-0.1, -0.05) is 37.1 Å². The van der Waals surface area contributed by atoms with Crippen LogP contribution in [0.1, 0.15) is 50.5 Å². The second-order valence-electron chi connectivity index (χ2n) is 6.52. The van der Waals surface area contributed by atoms with Crippen molar-refractivity contribution in [2.24, 2.45) is 11.8 Å². The Morgan fingerprint density at radius 2 is 1.84 bits per heavy atom. The number of hydrogen-bond donors (Lipinski definition) is 1. The molecule has 2 saturated carbocycles. The van der Waals surface area contributed by atoms with Crippen LogP contribution in [-0.2, 0) is 0 Å².